The molecule has 102 valence electrons. The van der Waals surface area contributed by atoms with Crippen LogP contribution >= 0.6 is 0 Å². The summed E-state index contributed by atoms with van der Waals surface area (Å²) in [5.74, 6) is -1.71. The zero-order valence-electron chi connectivity index (χ0n) is 9.75. The molecule has 1 aromatic carbocycles. The predicted octanol–water partition coefficient (Wildman–Crippen LogP) is 0.266. The number of fused-ring (bicyclic) bond motifs is 1. The Bertz CT molecular complexity index is 637. The maximum Gasteiger partial charge on any atom is 0.304 e. The highest BCUT2D eigenvalue weighted by Gasteiger charge is 2.21. The van der Waals surface area contributed by atoms with E-state index in [1.54, 1.807) is 0 Å². The fraction of sp³-hybridized carbons (Fsp3) is 0.273. The molecule has 7 nitrogen and oxygen atoms in total. The van der Waals surface area contributed by atoms with Crippen molar-refractivity contribution in [2.24, 2.45) is 0 Å². The lowest BCUT2D eigenvalue weighted by atomic mass is 10.2. The minimum absolute atomic E-state index is 0.0244. The number of hydrogen-bond donors (Lipinski definition) is 2. The lowest BCUT2D eigenvalue weighted by Crippen LogP contribution is -2.25. The lowest BCUT2D eigenvalue weighted by Gasteiger charge is -2.18. The molecule has 0 spiro atoms. The van der Waals surface area contributed by atoms with Gasteiger partial charge in [-0.05, 0) is 12.1 Å². The first-order valence-corrected chi connectivity index (χ1v) is 7.05. The van der Waals surface area contributed by atoms with Crippen LogP contribution in [0.5, 0.6) is 5.75 Å². The number of aliphatic carboxylic acids is 1. The van der Waals surface area contributed by atoms with Crippen molar-refractivity contribution >= 4 is 27.4 Å². The maximum atomic E-state index is 11.9. The van der Waals surface area contributed by atoms with Crippen molar-refractivity contribution in [1.29, 1.82) is 0 Å². The van der Waals surface area contributed by atoms with E-state index < -0.39 is 28.0 Å². The first-order valence-electron chi connectivity index (χ1n) is 5.40. The van der Waals surface area contributed by atoms with Crippen LogP contribution in [0.2, 0.25) is 0 Å². The summed E-state index contributed by atoms with van der Waals surface area (Å²) in [6, 6.07) is 4.01. The first-order chi connectivity index (χ1) is 8.88. The van der Waals surface area contributed by atoms with E-state index in [1.165, 1.54) is 18.2 Å². The van der Waals surface area contributed by atoms with Gasteiger partial charge in [0.25, 0.3) is 5.91 Å². The van der Waals surface area contributed by atoms with Crippen LogP contribution in [-0.2, 0) is 19.4 Å². The van der Waals surface area contributed by atoms with E-state index in [0.29, 0.717) is 5.69 Å². The number of carbonyl (C=O) groups is 2. The number of hydrogen-bond acceptors (Lipinski definition) is 5. The molecule has 0 aromatic heterocycles. The quantitative estimate of drug-likeness (QED) is 0.821. The minimum atomic E-state index is -3.68. The van der Waals surface area contributed by atoms with Gasteiger partial charge in [0.05, 0.1) is 22.8 Å². The summed E-state index contributed by atoms with van der Waals surface area (Å²) in [5.41, 5.74) is 0.397. The van der Waals surface area contributed by atoms with Crippen LogP contribution in [-0.4, -0.2) is 37.8 Å². The fourth-order valence-electron chi connectivity index (χ4n) is 1.59. The van der Waals surface area contributed by atoms with Crippen LogP contribution in [0.15, 0.2) is 23.1 Å². The molecule has 0 saturated carbocycles. The van der Waals surface area contributed by atoms with E-state index in [1.807, 2.05) is 0 Å². The van der Waals surface area contributed by atoms with E-state index in [9.17, 15) is 18.0 Å². The number of rotatable bonds is 4. The number of carboxylic acids is 1. The number of sulfone groups is 1. The largest absolute Gasteiger partial charge is 0.482 e. The van der Waals surface area contributed by atoms with Crippen molar-refractivity contribution in [3.8, 4) is 5.75 Å². The third-order valence-electron chi connectivity index (χ3n) is 2.53. The molecule has 0 aliphatic carbocycles. The molecule has 0 unspecified atom stereocenters. The highest BCUT2D eigenvalue weighted by Crippen LogP contribution is 2.30. The molecule has 1 aliphatic heterocycles. The fourth-order valence-corrected chi connectivity index (χ4v) is 2.83. The van der Waals surface area contributed by atoms with Gasteiger partial charge in [-0.25, -0.2) is 8.42 Å². The van der Waals surface area contributed by atoms with Crippen LogP contribution in [0.25, 0.3) is 0 Å². The number of carbonyl (C=O) groups excluding carboxylic acids is 1. The maximum absolute atomic E-state index is 11.9. The van der Waals surface area contributed by atoms with Gasteiger partial charge in [0.2, 0.25) is 0 Å². The Kier molecular flexibility index (Phi) is 3.43. The monoisotopic (exact) mass is 285 g/mol. The van der Waals surface area contributed by atoms with E-state index >= 15 is 0 Å². The summed E-state index contributed by atoms with van der Waals surface area (Å²) < 4.78 is 28.9. The summed E-state index contributed by atoms with van der Waals surface area (Å²) in [6.07, 6.45) is -0.461. The van der Waals surface area contributed by atoms with E-state index in [-0.39, 0.29) is 23.2 Å². The second kappa shape index (κ2) is 4.88. The molecular weight excluding hydrogens is 274 g/mol. The smallest absolute Gasteiger partial charge is 0.304 e. The number of amides is 1. The third-order valence-corrected chi connectivity index (χ3v) is 4.24. The number of anilines is 1. The van der Waals surface area contributed by atoms with Gasteiger partial charge in [-0.1, -0.05) is 0 Å². The van der Waals surface area contributed by atoms with Gasteiger partial charge in [0, 0.05) is 6.07 Å². The van der Waals surface area contributed by atoms with Crippen molar-refractivity contribution in [2.75, 3.05) is 17.7 Å². The summed E-state index contributed by atoms with van der Waals surface area (Å²) in [6.45, 7) is -0.175. The molecule has 1 aliphatic rings. The Morgan fingerprint density at radius 3 is 2.84 bits per heavy atom. The SMILES string of the molecule is O=C(O)CCS(=O)(=O)c1ccc2c(c1)OCC(=O)N2. The van der Waals surface area contributed by atoms with Crippen LogP contribution < -0.4 is 10.1 Å². The summed E-state index contributed by atoms with van der Waals surface area (Å²) in [7, 11) is -3.68. The van der Waals surface area contributed by atoms with E-state index in [4.69, 9.17) is 9.84 Å². The standard InChI is InChI=1S/C11H11NO6S/c13-10-6-18-9-5-7(1-2-8(9)12-10)19(16,17)4-3-11(14)15/h1-2,5H,3-4,6H2,(H,12,13)(H,14,15). The van der Waals surface area contributed by atoms with Gasteiger partial charge in [-0.3, -0.25) is 9.59 Å². The molecule has 19 heavy (non-hydrogen) atoms. The Morgan fingerprint density at radius 1 is 1.42 bits per heavy atom. The zero-order valence-corrected chi connectivity index (χ0v) is 10.6. The number of ether oxygens (including phenoxy) is 1. The highest BCUT2D eigenvalue weighted by molar-refractivity contribution is 7.91. The van der Waals surface area contributed by atoms with Crippen molar-refractivity contribution in [2.45, 2.75) is 11.3 Å². The predicted molar refractivity (Wildman–Crippen MR) is 64.9 cm³/mol. The minimum Gasteiger partial charge on any atom is -0.482 e. The Labute approximate surface area is 109 Å². The molecule has 0 fully saturated rings. The average molecular weight is 285 g/mol. The molecule has 1 heterocycles. The Morgan fingerprint density at radius 2 is 2.16 bits per heavy atom. The molecule has 0 bridgehead atoms. The molecule has 8 heteroatoms. The summed E-state index contributed by atoms with van der Waals surface area (Å²) in [5, 5.41) is 11.0. The molecular formula is C11H11NO6S. The molecule has 2 rings (SSSR count). The van der Waals surface area contributed by atoms with Gasteiger partial charge in [-0.2, -0.15) is 0 Å². The van der Waals surface area contributed by atoms with Crippen molar-refractivity contribution in [1.82, 2.24) is 0 Å². The molecule has 0 radical (unpaired) electrons. The highest BCUT2D eigenvalue weighted by atomic mass is 32.2. The molecule has 2 N–H and O–H groups in total. The lowest BCUT2D eigenvalue weighted by molar-refractivity contribution is -0.136. The average Bonchev–Trinajstić information content (AvgIpc) is 2.36. The van der Waals surface area contributed by atoms with Crippen LogP contribution in [0, 0.1) is 0 Å². The second-order valence-electron chi connectivity index (χ2n) is 3.96. The molecule has 0 saturated heterocycles. The van der Waals surface area contributed by atoms with E-state index in [2.05, 4.69) is 5.32 Å². The second-order valence-corrected chi connectivity index (χ2v) is 6.07. The number of carboxylic acid groups (broad SMARTS) is 1. The van der Waals surface area contributed by atoms with E-state index in [0.717, 1.165) is 0 Å². The van der Waals surface area contributed by atoms with Crippen molar-refractivity contribution in [3.63, 3.8) is 0 Å². The summed E-state index contributed by atoms with van der Waals surface area (Å²) in [4.78, 5) is 21.5. The number of nitrogens with one attached hydrogen (secondary N) is 1. The third kappa shape index (κ3) is 3.02. The van der Waals surface area contributed by atoms with Crippen LogP contribution in [0.4, 0.5) is 5.69 Å². The van der Waals surface area contributed by atoms with Gasteiger partial charge in [-0.15, -0.1) is 0 Å². The Balaban J connectivity index is 2.27. The first kappa shape index (κ1) is 13.3. The van der Waals surface area contributed by atoms with Crippen molar-refractivity contribution in [3.05, 3.63) is 18.2 Å². The van der Waals surface area contributed by atoms with Gasteiger partial charge >= 0.3 is 5.97 Å². The zero-order chi connectivity index (χ0) is 14.0. The molecule has 0 atom stereocenters. The van der Waals surface area contributed by atoms with Gasteiger partial charge in [0.1, 0.15) is 5.75 Å². The molecule has 1 aromatic rings. The van der Waals surface area contributed by atoms with Gasteiger partial charge < -0.3 is 15.2 Å². The molecule has 1 amide bonds. The van der Waals surface area contributed by atoms with Crippen molar-refractivity contribution < 1.29 is 27.9 Å². The van der Waals surface area contributed by atoms with Gasteiger partial charge in [0.15, 0.2) is 16.4 Å². The number of benzene rings is 1. The summed E-state index contributed by atoms with van der Waals surface area (Å²) >= 11 is 0. The topological polar surface area (TPSA) is 110 Å². The Hall–Kier alpha value is -2.09. The van der Waals surface area contributed by atoms with Crippen LogP contribution in [0.1, 0.15) is 6.42 Å². The van der Waals surface area contributed by atoms with Crippen LogP contribution in [0.3, 0.4) is 0 Å². The normalized spacial score (nSPS) is 14.2.